The van der Waals surface area contributed by atoms with Crippen LogP contribution in [0, 0.1) is 0 Å². The molecule has 0 radical (unpaired) electrons. The molecule has 2 aliphatic rings. The van der Waals surface area contributed by atoms with Gasteiger partial charge in [-0.15, -0.1) is 0 Å². The van der Waals surface area contributed by atoms with Gasteiger partial charge in [0.1, 0.15) is 5.75 Å². The number of likely N-dealkylation sites (tertiary alicyclic amines) is 1. The molecular weight excluding hydrogens is 374 g/mol. The highest BCUT2D eigenvalue weighted by Crippen LogP contribution is 2.21. The van der Waals surface area contributed by atoms with Crippen LogP contribution >= 0.6 is 0 Å². The van der Waals surface area contributed by atoms with E-state index in [1.54, 1.807) is 0 Å². The number of nitrogen functional groups attached to an aromatic ring is 1. The molecule has 4 rings (SSSR count). The molecule has 0 bridgehead atoms. The SMILES string of the molecule is Nc1ccc2c(c1)CCN(C(=O)c1ccc(OCCCN3CCCCC3)cc1)CC2. The average Bonchev–Trinajstić information content (AvgIpc) is 2.99. The van der Waals surface area contributed by atoms with E-state index in [0.717, 1.165) is 62.5 Å². The van der Waals surface area contributed by atoms with E-state index in [4.69, 9.17) is 10.5 Å². The molecule has 0 saturated carbocycles. The second-order valence-electron chi connectivity index (χ2n) is 8.45. The molecule has 0 spiro atoms. The first-order chi connectivity index (χ1) is 14.7. The Kier molecular flexibility index (Phi) is 6.90. The molecule has 0 aliphatic carbocycles. The third kappa shape index (κ3) is 5.33. The summed E-state index contributed by atoms with van der Waals surface area (Å²) in [6.45, 7) is 5.75. The van der Waals surface area contributed by atoms with E-state index in [0.29, 0.717) is 0 Å². The lowest BCUT2D eigenvalue weighted by atomic mass is 10.0. The molecule has 0 unspecified atom stereocenters. The molecule has 1 fully saturated rings. The fourth-order valence-corrected chi connectivity index (χ4v) is 4.49. The van der Waals surface area contributed by atoms with Gasteiger partial charge in [-0.2, -0.15) is 0 Å². The van der Waals surface area contributed by atoms with Gasteiger partial charge in [0.05, 0.1) is 6.61 Å². The first-order valence-corrected chi connectivity index (χ1v) is 11.3. The van der Waals surface area contributed by atoms with E-state index in [9.17, 15) is 4.79 Å². The average molecular weight is 408 g/mol. The number of amides is 1. The zero-order valence-corrected chi connectivity index (χ0v) is 17.8. The predicted molar refractivity (Wildman–Crippen MR) is 121 cm³/mol. The summed E-state index contributed by atoms with van der Waals surface area (Å²) in [6, 6.07) is 13.7. The number of rotatable bonds is 6. The van der Waals surface area contributed by atoms with E-state index >= 15 is 0 Å². The minimum absolute atomic E-state index is 0.0902. The molecule has 0 aromatic heterocycles. The standard InChI is InChI=1S/C25H33N3O2/c26-23-8-5-20-11-16-28(17-12-22(20)19-23)25(29)21-6-9-24(10-7-21)30-18-4-15-27-13-2-1-3-14-27/h5-10,19H,1-4,11-18,26H2. The molecule has 2 heterocycles. The maximum absolute atomic E-state index is 13.0. The highest BCUT2D eigenvalue weighted by molar-refractivity contribution is 5.94. The zero-order chi connectivity index (χ0) is 20.8. The van der Waals surface area contributed by atoms with Crippen molar-refractivity contribution in [1.82, 2.24) is 9.80 Å². The minimum atomic E-state index is 0.0902. The number of ether oxygens (including phenoxy) is 1. The van der Waals surface area contributed by atoms with Gasteiger partial charge >= 0.3 is 0 Å². The van der Waals surface area contributed by atoms with Crippen LogP contribution < -0.4 is 10.5 Å². The second-order valence-corrected chi connectivity index (χ2v) is 8.45. The van der Waals surface area contributed by atoms with Gasteiger partial charge in [0, 0.05) is 30.9 Å². The van der Waals surface area contributed by atoms with Crippen molar-refractivity contribution in [2.24, 2.45) is 0 Å². The molecule has 1 amide bonds. The lowest BCUT2D eigenvalue weighted by Gasteiger charge is -2.26. The Bertz CT molecular complexity index is 844. The Hall–Kier alpha value is -2.53. The molecule has 2 N–H and O–H groups in total. The topological polar surface area (TPSA) is 58.8 Å². The van der Waals surface area contributed by atoms with Crippen LogP contribution in [0.25, 0.3) is 0 Å². The molecular formula is C25H33N3O2. The van der Waals surface area contributed by atoms with Gasteiger partial charge in [0.2, 0.25) is 0 Å². The lowest BCUT2D eigenvalue weighted by molar-refractivity contribution is 0.0763. The third-order valence-electron chi connectivity index (χ3n) is 6.26. The molecule has 5 heteroatoms. The van der Waals surface area contributed by atoms with Crippen molar-refractivity contribution in [3.8, 4) is 5.75 Å². The third-order valence-corrected chi connectivity index (χ3v) is 6.26. The van der Waals surface area contributed by atoms with Crippen LogP contribution in [0.1, 0.15) is 47.2 Å². The quantitative estimate of drug-likeness (QED) is 0.585. The van der Waals surface area contributed by atoms with Crippen molar-refractivity contribution in [1.29, 1.82) is 0 Å². The monoisotopic (exact) mass is 407 g/mol. The zero-order valence-electron chi connectivity index (χ0n) is 17.8. The normalized spacial score (nSPS) is 17.3. The highest BCUT2D eigenvalue weighted by Gasteiger charge is 2.20. The van der Waals surface area contributed by atoms with Crippen molar-refractivity contribution in [3.05, 3.63) is 59.2 Å². The summed E-state index contributed by atoms with van der Waals surface area (Å²) in [5, 5.41) is 0. The number of nitrogens with zero attached hydrogens (tertiary/aromatic N) is 2. The molecule has 30 heavy (non-hydrogen) atoms. The second kappa shape index (κ2) is 9.98. The van der Waals surface area contributed by atoms with Crippen molar-refractivity contribution in [3.63, 3.8) is 0 Å². The Morgan fingerprint density at radius 1 is 0.900 bits per heavy atom. The fraction of sp³-hybridized carbons (Fsp3) is 0.480. The Balaban J connectivity index is 1.25. The maximum Gasteiger partial charge on any atom is 0.253 e. The van der Waals surface area contributed by atoms with E-state index in [1.165, 1.54) is 43.5 Å². The van der Waals surface area contributed by atoms with E-state index in [2.05, 4.69) is 11.0 Å². The number of fused-ring (bicyclic) bond motifs is 1. The van der Waals surface area contributed by atoms with Crippen molar-refractivity contribution in [2.45, 2.75) is 38.5 Å². The Morgan fingerprint density at radius 2 is 1.63 bits per heavy atom. The first kappa shape index (κ1) is 20.7. The van der Waals surface area contributed by atoms with Crippen LogP contribution in [-0.4, -0.2) is 55.0 Å². The number of carbonyl (C=O) groups is 1. The summed E-state index contributed by atoms with van der Waals surface area (Å²) < 4.78 is 5.89. The van der Waals surface area contributed by atoms with Crippen molar-refractivity contribution < 1.29 is 9.53 Å². The van der Waals surface area contributed by atoms with E-state index < -0.39 is 0 Å². The van der Waals surface area contributed by atoms with Gasteiger partial charge in [-0.1, -0.05) is 12.5 Å². The van der Waals surface area contributed by atoms with Gasteiger partial charge in [-0.25, -0.2) is 0 Å². The van der Waals surface area contributed by atoms with E-state index in [1.807, 2.05) is 41.3 Å². The largest absolute Gasteiger partial charge is 0.494 e. The van der Waals surface area contributed by atoms with Crippen LogP contribution in [0.15, 0.2) is 42.5 Å². The number of piperidine rings is 1. The van der Waals surface area contributed by atoms with Crippen LogP contribution in [0.4, 0.5) is 5.69 Å². The summed E-state index contributed by atoms with van der Waals surface area (Å²) in [6.07, 6.45) is 6.79. The number of hydrogen-bond acceptors (Lipinski definition) is 4. The van der Waals surface area contributed by atoms with Crippen LogP contribution in [0.3, 0.4) is 0 Å². The molecule has 160 valence electrons. The minimum Gasteiger partial charge on any atom is -0.494 e. The van der Waals surface area contributed by atoms with Crippen LogP contribution in [0.5, 0.6) is 5.75 Å². The Labute approximate surface area is 179 Å². The predicted octanol–water partition coefficient (Wildman–Crippen LogP) is 3.76. The number of carbonyl (C=O) groups excluding carboxylic acids is 1. The Morgan fingerprint density at radius 3 is 2.40 bits per heavy atom. The molecule has 2 aromatic carbocycles. The van der Waals surface area contributed by atoms with Crippen molar-refractivity contribution in [2.75, 3.05) is 45.1 Å². The van der Waals surface area contributed by atoms with Gasteiger partial charge in [-0.3, -0.25) is 4.79 Å². The van der Waals surface area contributed by atoms with Crippen molar-refractivity contribution >= 4 is 11.6 Å². The maximum atomic E-state index is 13.0. The number of benzene rings is 2. The lowest BCUT2D eigenvalue weighted by Crippen LogP contribution is -2.33. The van der Waals surface area contributed by atoms with Crippen LogP contribution in [0.2, 0.25) is 0 Å². The highest BCUT2D eigenvalue weighted by atomic mass is 16.5. The fourth-order valence-electron chi connectivity index (χ4n) is 4.49. The van der Waals surface area contributed by atoms with Gasteiger partial charge in [0.25, 0.3) is 5.91 Å². The number of anilines is 1. The van der Waals surface area contributed by atoms with Gasteiger partial charge < -0.3 is 20.3 Å². The molecule has 5 nitrogen and oxygen atoms in total. The molecule has 2 aliphatic heterocycles. The summed E-state index contributed by atoms with van der Waals surface area (Å²) in [7, 11) is 0. The molecule has 2 aromatic rings. The number of nitrogens with two attached hydrogens (primary N) is 1. The van der Waals surface area contributed by atoms with Gasteiger partial charge in [-0.05, 0) is 92.7 Å². The van der Waals surface area contributed by atoms with Gasteiger partial charge in [0.15, 0.2) is 0 Å². The van der Waals surface area contributed by atoms with Crippen LogP contribution in [-0.2, 0) is 12.8 Å². The summed E-state index contributed by atoms with van der Waals surface area (Å²) in [5.41, 5.74) is 10.00. The summed E-state index contributed by atoms with van der Waals surface area (Å²) in [5.74, 6) is 0.927. The molecule has 0 atom stereocenters. The summed E-state index contributed by atoms with van der Waals surface area (Å²) in [4.78, 5) is 17.5. The van der Waals surface area contributed by atoms with E-state index in [-0.39, 0.29) is 5.91 Å². The first-order valence-electron chi connectivity index (χ1n) is 11.3. The molecule has 1 saturated heterocycles. The summed E-state index contributed by atoms with van der Waals surface area (Å²) >= 11 is 0. The smallest absolute Gasteiger partial charge is 0.253 e. The number of hydrogen-bond donors (Lipinski definition) is 1.